The van der Waals surface area contributed by atoms with Crippen molar-refractivity contribution in [2.24, 2.45) is 16.2 Å². The first-order valence-corrected chi connectivity index (χ1v) is 12.5. The highest BCUT2D eigenvalue weighted by atomic mass is 16.2. The lowest BCUT2D eigenvalue weighted by Crippen LogP contribution is -2.22. The second-order valence-electron chi connectivity index (χ2n) is 11.5. The van der Waals surface area contributed by atoms with Gasteiger partial charge in [0.2, 0.25) is 0 Å². The SMILES string of the molecule is CC1(C)CCN(Cc2ccccc2)C1.CC1(C)CCNC1.CC1(C)CCNC1.O=C=O.O=C=O.O=C=O. The minimum absolute atomic E-state index is 0.250. The van der Waals surface area contributed by atoms with E-state index >= 15 is 0 Å². The molecule has 0 aromatic heterocycles. The second kappa shape index (κ2) is 20.3. The highest BCUT2D eigenvalue weighted by Gasteiger charge is 2.28. The molecule has 4 rings (SSSR count). The van der Waals surface area contributed by atoms with E-state index < -0.39 is 0 Å². The predicted molar refractivity (Wildman–Crippen MR) is 138 cm³/mol. The van der Waals surface area contributed by atoms with Crippen molar-refractivity contribution in [2.45, 2.75) is 67.3 Å². The smallest absolute Gasteiger partial charge is 0.316 e. The Morgan fingerprint density at radius 2 is 1.08 bits per heavy atom. The maximum atomic E-state index is 8.12. The molecule has 0 atom stereocenters. The van der Waals surface area contributed by atoms with Crippen LogP contribution >= 0.6 is 0 Å². The minimum Gasteiger partial charge on any atom is -0.316 e. The predicted octanol–water partition coefficient (Wildman–Crippen LogP) is 3.18. The summed E-state index contributed by atoms with van der Waals surface area (Å²) in [5, 5.41) is 6.62. The van der Waals surface area contributed by atoms with Gasteiger partial charge in [0.25, 0.3) is 0 Å². The first-order valence-electron chi connectivity index (χ1n) is 12.5. The number of rotatable bonds is 2. The Bertz CT molecular complexity index is 757. The van der Waals surface area contributed by atoms with Crippen molar-refractivity contribution in [3.05, 3.63) is 35.9 Å². The van der Waals surface area contributed by atoms with Gasteiger partial charge in [0, 0.05) is 26.2 Å². The topological polar surface area (TPSA) is 130 Å². The number of hydrogen-bond donors (Lipinski definition) is 2. The number of benzene rings is 1. The third kappa shape index (κ3) is 22.2. The Morgan fingerprint density at radius 1 is 0.676 bits per heavy atom. The summed E-state index contributed by atoms with van der Waals surface area (Å²) < 4.78 is 0. The zero-order chi connectivity index (χ0) is 28.8. The Morgan fingerprint density at radius 3 is 1.32 bits per heavy atom. The van der Waals surface area contributed by atoms with Gasteiger partial charge in [-0.25, -0.2) is 0 Å². The normalized spacial score (nSPS) is 19.4. The fourth-order valence-corrected chi connectivity index (χ4v) is 4.08. The summed E-state index contributed by atoms with van der Waals surface area (Å²) in [7, 11) is 0. The molecule has 0 spiro atoms. The number of carbonyl (C=O) groups excluding carboxylic acids is 6. The molecular weight excluding hydrogens is 474 g/mol. The molecule has 3 fully saturated rings. The van der Waals surface area contributed by atoms with Gasteiger partial charge in [-0.05, 0) is 60.7 Å². The molecule has 0 aliphatic carbocycles. The molecule has 0 radical (unpaired) electrons. The first kappa shape index (κ1) is 36.4. The molecule has 1 aromatic rings. The van der Waals surface area contributed by atoms with E-state index in [1.54, 1.807) is 0 Å². The summed E-state index contributed by atoms with van der Waals surface area (Å²) >= 11 is 0. The number of likely N-dealkylation sites (tertiary alicyclic amines) is 1. The van der Waals surface area contributed by atoms with Gasteiger partial charge in [0.15, 0.2) is 0 Å². The average molecular weight is 520 g/mol. The van der Waals surface area contributed by atoms with Gasteiger partial charge in [-0.1, -0.05) is 71.9 Å². The monoisotopic (exact) mass is 519 g/mol. The van der Waals surface area contributed by atoms with Gasteiger partial charge < -0.3 is 10.6 Å². The third-order valence-corrected chi connectivity index (χ3v) is 6.17. The summed E-state index contributed by atoms with van der Waals surface area (Å²) in [6.07, 6.45) is 4.76. The Labute approximate surface area is 221 Å². The first-order chi connectivity index (χ1) is 17.3. The third-order valence-electron chi connectivity index (χ3n) is 6.17. The van der Waals surface area contributed by atoms with Crippen LogP contribution in [0.3, 0.4) is 0 Å². The minimum atomic E-state index is 0.250. The average Bonchev–Trinajstić information content (AvgIpc) is 3.50. The van der Waals surface area contributed by atoms with E-state index in [4.69, 9.17) is 28.8 Å². The Balaban J connectivity index is 0. The summed E-state index contributed by atoms with van der Waals surface area (Å²) in [6, 6.07) is 10.8. The molecule has 9 heteroatoms. The number of nitrogens with one attached hydrogen (secondary N) is 2. The van der Waals surface area contributed by atoms with E-state index in [9.17, 15) is 0 Å². The molecule has 9 nitrogen and oxygen atoms in total. The van der Waals surface area contributed by atoms with Crippen LogP contribution < -0.4 is 10.6 Å². The molecule has 3 aliphatic rings. The van der Waals surface area contributed by atoms with Crippen LogP contribution in [0.15, 0.2) is 30.3 Å². The number of hydrogen-bond acceptors (Lipinski definition) is 9. The van der Waals surface area contributed by atoms with Crippen LogP contribution in [-0.2, 0) is 35.3 Å². The number of nitrogens with zero attached hydrogens (tertiary/aromatic N) is 1. The maximum absolute atomic E-state index is 8.12. The Kier molecular flexibility index (Phi) is 20.0. The van der Waals surface area contributed by atoms with Crippen molar-refractivity contribution >= 4 is 18.5 Å². The second-order valence-corrected chi connectivity index (χ2v) is 11.5. The highest BCUT2D eigenvalue weighted by molar-refractivity contribution is 5.20. The summed E-state index contributed by atoms with van der Waals surface area (Å²) in [5.41, 5.74) is 3.12. The van der Waals surface area contributed by atoms with Crippen molar-refractivity contribution in [1.29, 1.82) is 0 Å². The van der Waals surface area contributed by atoms with E-state index in [0.29, 0.717) is 16.2 Å². The van der Waals surface area contributed by atoms with Crippen LogP contribution in [0.1, 0.15) is 66.4 Å². The van der Waals surface area contributed by atoms with Gasteiger partial charge in [-0.15, -0.1) is 0 Å². The lowest BCUT2D eigenvalue weighted by Gasteiger charge is -2.19. The molecule has 0 amide bonds. The summed E-state index contributed by atoms with van der Waals surface area (Å²) in [5.74, 6) is 0. The molecule has 37 heavy (non-hydrogen) atoms. The lowest BCUT2D eigenvalue weighted by molar-refractivity contribution is -0.193. The fraction of sp³-hybridized carbons (Fsp3) is 0.679. The molecule has 0 unspecified atom stereocenters. The molecule has 2 N–H and O–H groups in total. The van der Waals surface area contributed by atoms with E-state index in [2.05, 4.69) is 87.4 Å². The van der Waals surface area contributed by atoms with Crippen molar-refractivity contribution in [3.63, 3.8) is 0 Å². The van der Waals surface area contributed by atoms with Crippen LogP contribution in [0.5, 0.6) is 0 Å². The van der Waals surface area contributed by atoms with Crippen LogP contribution in [0, 0.1) is 16.2 Å². The highest BCUT2D eigenvalue weighted by Crippen LogP contribution is 2.29. The van der Waals surface area contributed by atoms with E-state index in [0.717, 1.165) is 6.54 Å². The molecule has 208 valence electrons. The summed E-state index contributed by atoms with van der Waals surface area (Å²) in [4.78, 5) is 51.3. The molecular formula is C28H45N3O6. The van der Waals surface area contributed by atoms with Crippen molar-refractivity contribution in [1.82, 2.24) is 15.5 Å². The van der Waals surface area contributed by atoms with Gasteiger partial charge in [-0.2, -0.15) is 28.8 Å². The standard InChI is InChI=1S/C13H19N.2C6H13N.3CO2/c1-13(2)8-9-14(11-13)10-12-6-4-3-5-7-12;2*1-6(2)3-4-7-5-6;3*2-1-3/h3-7H,8-11H2,1-2H3;2*7H,3-5H2,1-2H3;;;. The van der Waals surface area contributed by atoms with Crippen molar-refractivity contribution < 1.29 is 28.8 Å². The van der Waals surface area contributed by atoms with E-state index in [1.165, 1.54) is 64.1 Å². The lowest BCUT2D eigenvalue weighted by atomic mass is 9.93. The van der Waals surface area contributed by atoms with Gasteiger partial charge in [0.05, 0.1) is 0 Å². The fourth-order valence-electron chi connectivity index (χ4n) is 4.08. The molecule has 3 aliphatic heterocycles. The van der Waals surface area contributed by atoms with Crippen molar-refractivity contribution in [2.75, 3.05) is 39.3 Å². The van der Waals surface area contributed by atoms with E-state index in [-0.39, 0.29) is 18.5 Å². The summed E-state index contributed by atoms with van der Waals surface area (Å²) in [6.45, 7) is 22.4. The van der Waals surface area contributed by atoms with Crippen LogP contribution in [0.2, 0.25) is 0 Å². The van der Waals surface area contributed by atoms with Crippen LogP contribution in [-0.4, -0.2) is 62.6 Å². The van der Waals surface area contributed by atoms with Crippen LogP contribution in [0.25, 0.3) is 0 Å². The van der Waals surface area contributed by atoms with Gasteiger partial charge >= 0.3 is 18.5 Å². The maximum Gasteiger partial charge on any atom is 0.373 e. The molecule has 1 aromatic carbocycles. The Hall–Kier alpha value is -2.76. The van der Waals surface area contributed by atoms with Gasteiger partial charge in [0.1, 0.15) is 0 Å². The zero-order valence-corrected chi connectivity index (χ0v) is 23.4. The van der Waals surface area contributed by atoms with Crippen LogP contribution in [0.4, 0.5) is 0 Å². The molecule has 3 heterocycles. The molecule has 3 saturated heterocycles. The van der Waals surface area contributed by atoms with Crippen molar-refractivity contribution in [3.8, 4) is 0 Å². The molecule has 0 saturated carbocycles. The largest absolute Gasteiger partial charge is 0.373 e. The van der Waals surface area contributed by atoms with Gasteiger partial charge in [-0.3, -0.25) is 4.90 Å². The zero-order valence-electron chi connectivity index (χ0n) is 23.4. The quantitative estimate of drug-likeness (QED) is 0.605. The van der Waals surface area contributed by atoms with E-state index in [1.807, 2.05) is 0 Å². The molecule has 0 bridgehead atoms.